The molecule has 6 nitrogen and oxygen atoms in total. The van der Waals surface area contributed by atoms with Crippen molar-refractivity contribution in [2.24, 2.45) is 5.73 Å². The predicted molar refractivity (Wildman–Crippen MR) is 89.5 cm³/mol. The van der Waals surface area contributed by atoms with Crippen molar-refractivity contribution in [3.63, 3.8) is 0 Å². The molecule has 4 N–H and O–H groups in total. The third-order valence-electron chi connectivity index (χ3n) is 2.71. The van der Waals surface area contributed by atoms with Gasteiger partial charge in [0.2, 0.25) is 5.91 Å². The van der Waals surface area contributed by atoms with E-state index in [0.29, 0.717) is 12.0 Å². The second-order valence-electron chi connectivity index (χ2n) is 5.90. The Bertz CT molecular complexity index is 582. The van der Waals surface area contributed by atoms with Gasteiger partial charge in [-0.1, -0.05) is 0 Å². The van der Waals surface area contributed by atoms with Crippen molar-refractivity contribution in [1.82, 2.24) is 5.32 Å². The fourth-order valence-electron chi connectivity index (χ4n) is 1.66. The lowest BCUT2D eigenvalue weighted by Crippen LogP contribution is -2.41. The maximum Gasteiger partial charge on any atom is 0.252 e. The van der Waals surface area contributed by atoms with Gasteiger partial charge in [-0.3, -0.25) is 14.4 Å². The van der Waals surface area contributed by atoms with Gasteiger partial charge in [0, 0.05) is 22.5 Å². The molecule has 7 heteroatoms. The number of carbonyl (C=O) groups is 3. The number of thiol groups is 1. The highest BCUT2D eigenvalue weighted by Crippen LogP contribution is 2.16. The normalized spacial score (nSPS) is 12.4. The molecule has 0 spiro atoms. The van der Waals surface area contributed by atoms with Crippen LogP contribution in [0.3, 0.4) is 0 Å². The summed E-state index contributed by atoms with van der Waals surface area (Å²) in [6.07, 6.45) is 0.600. The van der Waals surface area contributed by atoms with Gasteiger partial charge in [0.15, 0.2) is 6.29 Å². The summed E-state index contributed by atoms with van der Waals surface area (Å²) >= 11 is 3.96. The van der Waals surface area contributed by atoms with Crippen LogP contribution in [0.15, 0.2) is 18.2 Å². The maximum absolute atomic E-state index is 12.2. The Balaban J connectivity index is 3.06. The van der Waals surface area contributed by atoms with Gasteiger partial charge in [0.05, 0.1) is 11.6 Å². The lowest BCUT2D eigenvalue weighted by molar-refractivity contribution is -0.116. The number of amides is 2. The number of hydrogen-bond acceptors (Lipinski definition) is 5. The molecule has 1 atom stereocenters. The SMILES string of the molecule is CC(C)(C)NC(=O)c1cc(NC(=O)C(N)CS)ccc1C=O. The zero-order chi connectivity index (χ0) is 16.9. The third-order valence-corrected chi connectivity index (χ3v) is 3.11. The number of hydrogen-bond donors (Lipinski definition) is 4. The van der Waals surface area contributed by atoms with E-state index in [9.17, 15) is 14.4 Å². The van der Waals surface area contributed by atoms with Crippen LogP contribution in [-0.4, -0.2) is 35.4 Å². The lowest BCUT2D eigenvalue weighted by atomic mass is 10.0. The first kappa shape index (κ1) is 18.2. The van der Waals surface area contributed by atoms with Gasteiger partial charge in [-0.2, -0.15) is 12.6 Å². The Morgan fingerprint density at radius 3 is 2.50 bits per heavy atom. The van der Waals surface area contributed by atoms with E-state index in [4.69, 9.17) is 5.73 Å². The lowest BCUT2D eigenvalue weighted by Gasteiger charge is -2.21. The van der Waals surface area contributed by atoms with Gasteiger partial charge in [0.1, 0.15) is 0 Å². The first-order valence-electron chi connectivity index (χ1n) is 6.77. The molecule has 1 unspecified atom stereocenters. The topological polar surface area (TPSA) is 101 Å². The molecule has 1 aromatic rings. The van der Waals surface area contributed by atoms with Crippen LogP contribution in [0.25, 0.3) is 0 Å². The van der Waals surface area contributed by atoms with E-state index in [1.165, 1.54) is 12.1 Å². The molecule has 1 rings (SSSR count). The van der Waals surface area contributed by atoms with E-state index in [1.807, 2.05) is 20.8 Å². The van der Waals surface area contributed by atoms with Gasteiger partial charge < -0.3 is 16.4 Å². The van der Waals surface area contributed by atoms with Crippen LogP contribution in [0.4, 0.5) is 5.69 Å². The van der Waals surface area contributed by atoms with Crippen LogP contribution < -0.4 is 16.4 Å². The number of aldehydes is 1. The minimum Gasteiger partial charge on any atom is -0.347 e. The van der Waals surface area contributed by atoms with Gasteiger partial charge in [-0.15, -0.1) is 0 Å². The molecule has 0 aromatic heterocycles. The van der Waals surface area contributed by atoms with Crippen LogP contribution in [0.1, 0.15) is 41.5 Å². The second kappa shape index (κ2) is 7.42. The second-order valence-corrected chi connectivity index (χ2v) is 6.27. The number of rotatable bonds is 5. The van der Waals surface area contributed by atoms with Gasteiger partial charge in [-0.05, 0) is 39.0 Å². The Hall–Kier alpha value is -1.86. The molecule has 0 aliphatic heterocycles. The summed E-state index contributed by atoms with van der Waals surface area (Å²) in [6.45, 7) is 5.51. The first-order valence-corrected chi connectivity index (χ1v) is 7.40. The van der Waals surface area contributed by atoms with Gasteiger partial charge in [-0.25, -0.2) is 0 Å². The molecule has 0 aliphatic carbocycles. The third kappa shape index (κ3) is 5.16. The Labute approximate surface area is 135 Å². The quantitative estimate of drug-likeness (QED) is 0.483. The van der Waals surface area contributed by atoms with Crippen molar-refractivity contribution >= 4 is 36.4 Å². The number of nitrogens with two attached hydrogens (primary N) is 1. The van der Waals surface area contributed by atoms with Crippen molar-refractivity contribution in [3.05, 3.63) is 29.3 Å². The highest BCUT2D eigenvalue weighted by Gasteiger charge is 2.19. The van der Waals surface area contributed by atoms with Crippen molar-refractivity contribution in [3.8, 4) is 0 Å². The van der Waals surface area contributed by atoms with E-state index in [0.717, 1.165) is 0 Å². The maximum atomic E-state index is 12.2. The summed E-state index contributed by atoms with van der Waals surface area (Å²) in [7, 11) is 0. The fraction of sp³-hybridized carbons (Fsp3) is 0.400. The standard InChI is InChI=1S/C15H21N3O3S/c1-15(2,3)18-13(20)11-6-10(5-4-9(11)7-19)17-14(21)12(16)8-22/h4-7,12,22H,8,16H2,1-3H3,(H,17,21)(H,18,20). The summed E-state index contributed by atoms with van der Waals surface area (Å²) in [6, 6.07) is 3.72. The largest absolute Gasteiger partial charge is 0.347 e. The minimum atomic E-state index is -0.749. The molecule has 120 valence electrons. The zero-order valence-electron chi connectivity index (χ0n) is 12.8. The molecular weight excluding hydrogens is 302 g/mol. The van der Waals surface area contributed by atoms with Gasteiger partial charge in [0.25, 0.3) is 5.91 Å². The van der Waals surface area contributed by atoms with Gasteiger partial charge >= 0.3 is 0 Å². The molecule has 0 heterocycles. The Kier molecular flexibility index (Phi) is 6.13. The summed E-state index contributed by atoms with van der Waals surface area (Å²) in [5.74, 6) is -0.587. The Morgan fingerprint density at radius 1 is 1.36 bits per heavy atom. The summed E-state index contributed by atoms with van der Waals surface area (Å²) < 4.78 is 0. The number of anilines is 1. The fourth-order valence-corrected chi connectivity index (χ4v) is 1.83. The summed E-state index contributed by atoms with van der Waals surface area (Å²) in [5.41, 5.74) is 5.98. The number of nitrogens with one attached hydrogen (secondary N) is 2. The summed E-state index contributed by atoms with van der Waals surface area (Å²) in [5, 5.41) is 5.37. The van der Waals surface area contributed by atoms with Crippen molar-refractivity contribution in [2.45, 2.75) is 32.4 Å². The smallest absolute Gasteiger partial charge is 0.252 e. The van der Waals surface area contributed by atoms with Crippen LogP contribution in [0.5, 0.6) is 0 Å². The zero-order valence-corrected chi connectivity index (χ0v) is 13.7. The first-order chi connectivity index (χ1) is 10.2. The molecular formula is C15H21N3O3S. The molecule has 0 saturated heterocycles. The van der Waals surface area contributed by atoms with Crippen LogP contribution in [0.2, 0.25) is 0 Å². The van der Waals surface area contributed by atoms with Crippen molar-refractivity contribution in [1.29, 1.82) is 0 Å². The number of carbonyl (C=O) groups excluding carboxylic acids is 3. The Morgan fingerprint density at radius 2 is 2.00 bits per heavy atom. The van der Waals surface area contributed by atoms with E-state index in [-0.39, 0.29) is 22.8 Å². The number of benzene rings is 1. The predicted octanol–water partition coefficient (Wildman–Crippen LogP) is 1.22. The monoisotopic (exact) mass is 323 g/mol. The molecule has 1 aromatic carbocycles. The van der Waals surface area contributed by atoms with Crippen LogP contribution in [0, 0.1) is 0 Å². The van der Waals surface area contributed by atoms with E-state index in [2.05, 4.69) is 23.3 Å². The van der Waals surface area contributed by atoms with E-state index < -0.39 is 17.5 Å². The molecule has 2 amide bonds. The van der Waals surface area contributed by atoms with E-state index in [1.54, 1.807) is 6.07 Å². The van der Waals surface area contributed by atoms with Crippen LogP contribution >= 0.6 is 12.6 Å². The highest BCUT2D eigenvalue weighted by molar-refractivity contribution is 7.80. The van der Waals surface area contributed by atoms with Crippen LogP contribution in [-0.2, 0) is 4.79 Å². The van der Waals surface area contributed by atoms with Crippen molar-refractivity contribution < 1.29 is 14.4 Å². The molecule has 0 radical (unpaired) electrons. The average molecular weight is 323 g/mol. The molecule has 0 fully saturated rings. The van der Waals surface area contributed by atoms with E-state index >= 15 is 0 Å². The minimum absolute atomic E-state index is 0.196. The molecule has 0 saturated carbocycles. The molecule has 0 bridgehead atoms. The molecule has 0 aliphatic rings. The summed E-state index contributed by atoms with van der Waals surface area (Å²) in [4.78, 5) is 35.1. The average Bonchev–Trinajstić information content (AvgIpc) is 2.44. The van der Waals surface area contributed by atoms with Crippen molar-refractivity contribution in [2.75, 3.05) is 11.1 Å². The highest BCUT2D eigenvalue weighted by atomic mass is 32.1. The molecule has 22 heavy (non-hydrogen) atoms.